The standard InChI is InChI=1S/C14H19NO2S/c1-11-2-4-12(5-3-11)18-9-6-13(17)15-14(10-16)7-8-14/h2-5,16H,6-10H2,1H3,(H,15,17). The zero-order valence-corrected chi connectivity index (χ0v) is 11.4. The zero-order chi connectivity index (χ0) is 13.0. The number of hydrogen-bond acceptors (Lipinski definition) is 3. The lowest BCUT2D eigenvalue weighted by atomic mass is 10.2. The number of hydrogen-bond donors (Lipinski definition) is 2. The second-order valence-electron chi connectivity index (χ2n) is 4.90. The molecule has 0 heterocycles. The maximum Gasteiger partial charge on any atom is 0.221 e. The van der Waals surface area contributed by atoms with Crippen LogP contribution in [0.5, 0.6) is 0 Å². The third-order valence-electron chi connectivity index (χ3n) is 3.18. The fraction of sp³-hybridized carbons (Fsp3) is 0.500. The summed E-state index contributed by atoms with van der Waals surface area (Å²) < 4.78 is 0. The van der Waals surface area contributed by atoms with Crippen molar-refractivity contribution in [1.82, 2.24) is 5.32 Å². The zero-order valence-electron chi connectivity index (χ0n) is 10.6. The Morgan fingerprint density at radius 3 is 2.61 bits per heavy atom. The topological polar surface area (TPSA) is 49.3 Å². The van der Waals surface area contributed by atoms with Gasteiger partial charge in [-0.1, -0.05) is 17.7 Å². The van der Waals surface area contributed by atoms with Crippen molar-refractivity contribution in [3.05, 3.63) is 29.8 Å². The Labute approximate surface area is 112 Å². The van der Waals surface area contributed by atoms with Gasteiger partial charge in [-0.3, -0.25) is 4.79 Å². The van der Waals surface area contributed by atoms with Gasteiger partial charge >= 0.3 is 0 Å². The molecule has 3 nitrogen and oxygen atoms in total. The van der Waals surface area contributed by atoms with Gasteiger partial charge in [-0.2, -0.15) is 0 Å². The molecule has 98 valence electrons. The van der Waals surface area contributed by atoms with Crippen LogP contribution in [0.4, 0.5) is 0 Å². The van der Waals surface area contributed by atoms with Gasteiger partial charge in [0.1, 0.15) is 0 Å². The van der Waals surface area contributed by atoms with Crippen LogP contribution in [-0.2, 0) is 4.79 Å². The van der Waals surface area contributed by atoms with Gasteiger partial charge in [0.2, 0.25) is 5.91 Å². The van der Waals surface area contributed by atoms with Crippen molar-refractivity contribution < 1.29 is 9.90 Å². The van der Waals surface area contributed by atoms with Gasteiger partial charge in [0, 0.05) is 17.1 Å². The number of aryl methyl sites for hydroxylation is 1. The highest BCUT2D eigenvalue weighted by molar-refractivity contribution is 7.99. The van der Waals surface area contributed by atoms with Crippen LogP contribution in [0.2, 0.25) is 0 Å². The summed E-state index contributed by atoms with van der Waals surface area (Å²) >= 11 is 1.69. The number of benzene rings is 1. The third kappa shape index (κ3) is 3.75. The highest BCUT2D eigenvalue weighted by Crippen LogP contribution is 2.34. The Morgan fingerprint density at radius 1 is 1.39 bits per heavy atom. The lowest BCUT2D eigenvalue weighted by Crippen LogP contribution is -2.39. The lowest BCUT2D eigenvalue weighted by molar-refractivity contribution is -0.122. The molecule has 0 aliphatic heterocycles. The van der Waals surface area contributed by atoms with Crippen molar-refractivity contribution in [3.63, 3.8) is 0 Å². The number of rotatable bonds is 6. The summed E-state index contributed by atoms with van der Waals surface area (Å²) in [7, 11) is 0. The number of carbonyl (C=O) groups is 1. The van der Waals surface area contributed by atoms with Crippen LogP contribution in [0.25, 0.3) is 0 Å². The van der Waals surface area contributed by atoms with Gasteiger partial charge in [0.05, 0.1) is 12.1 Å². The highest BCUT2D eigenvalue weighted by Gasteiger charge is 2.43. The minimum Gasteiger partial charge on any atom is -0.394 e. The van der Waals surface area contributed by atoms with Crippen LogP contribution >= 0.6 is 11.8 Å². The molecule has 2 N–H and O–H groups in total. The molecule has 2 rings (SSSR count). The molecule has 0 unspecified atom stereocenters. The van der Waals surface area contributed by atoms with E-state index in [0.717, 1.165) is 18.6 Å². The Balaban J connectivity index is 1.69. The first-order valence-corrected chi connectivity index (χ1v) is 7.23. The van der Waals surface area contributed by atoms with Crippen LogP contribution in [0, 0.1) is 6.92 Å². The fourth-order valence-electron chi connectivity index (χ4n) is 1.73. The van der Waals surface area contributed by atoms with E-state index in [1.54, 1.807) is 11.8 Å². The molecule has 1 aliphatic carbocycles. The van der Waals surface area contributed by atoms with E-state index < -0.39 is 0 Å². The number of aliphatic hydroxyl groups excluding tert-OH is 1. The maximum absolute atomic E-state index is 11.7. The monoisotopic (exact) mass is 265 g/mol. The SMILES string of the molecule is Cc1ccc(SCCC(=O)NC2(CO)CC2)cc1. The second kappa shape index (κ2) is 5.76. The van der Waals surface area contributed by atoms with E-state index in [4.69, 9.17) is 5.11 Å². The Morgan fingerprint density at radius 2 is 2.06 bits per heavy atom. The van der Waals surface area contributed by atoms with E-state index in [1.165, 1.54) is 10.5 Å². The third-order valence-corrected chi connectivity index (χ3v) is 4.19. The molecule has 1 fully saturated rings. The average molecular weight is 265 g/mol. The summed E-state index contributed by atoms with van der Waals surface area (Å²) in [5.74, 6) is 0.817. The van der Waals surface area contributed by atoms with Crippen LogP contribution in [0.3, 0.4) is 0 Å². The van der Waals surface area contributed by atoms with Gasteiger partial charge < -0.3 is 10.4 Å². The van der Waals surface area contributed by atoms with Gasteiger partial charge in [0.15, 0.2) is 0 Å². The van der Waals surface area contributed by atoms with Crippen LogP contribution in [0.1, 0.15) is 24.8 Å². The van der Waals surface area contributed by atoms with Gasteiger partial charge in [-0.05, 0) is 31.9 Å². The van der Waals surface area contributed by atoms with Crippen molar-refractivity contribution >= 4 is 17.7 Å². The molecule has 0 bridgehead atoms. The predicted molar refractivity (Wildman–Crippen MR) is 73.7 cm³/mol. The fourth-order valence-corrected chi connectivity index (χ4v) is 2.58. The molecule has 4 heteroatoms. The van der Waals surface area contributed by atoms with Crippen molar-refractivity contribution in [2.24, 2.45) is 0 Å². The molecule has 1 aromatic rings. The number of nitrogens with one attached hydrogen (secondary N) is 1. The average Bonchev–Trinajstić information content (AvgIpc) is 3.12. The number of amides is 1. The molecule has 1 saturated carbocycles. The van der Waals surface area contributed by atoms with Gasteiger partial charge in [-0.25, -0.2) is 0 Å². The summed E-state index contributed by atoms with van der Waals surface area (Å²) in [6, 6.07) is 8.31. The number of thioether (sulfide) groups is 1. The largest absolute Gasteiger partial charge is 0.394 e. The summed E-state index contributed by atoms with van der Waals surface area (Å²) in [5, 5.41) is 12.0. The molecule has 0 spiro atoms. The molecule has 18 heavy (non-hydrogen) atoms. The summed E-state index contributed by atoms with van der Waals surface area (Å²) in [5.41, 5.74) is 0.960. The highest BCUT2D eigenvalue weighted by atomic mass is 32.2. The Bertz CT molecular complexity index is 412. The minimum absolute atomic E-state index is 0.0427. The smallest absolute Gasteiger partial charge is 0.221 e. The summed E-state index contributed by atoms with van der Waals surface area (Å²) in [6.45, 7) is 2.12. The first kappa shape index (κ1) is 13.4. The normalized spacial score (nSPS) is 16.3. The molecule has 1 aromatic carbocycles. The Hall–Kier alpha value is -1.00. The summed E-state index contributed by atoms with van der Waals surface area (Å²) in [4.78, 5) is 12.9. The van der Waals surface area contributed by atoms with Crippen LogP contribution in [0.15, 0.2) is 29.2 Å². The van der Waals surface area contributed by atoms with Crippen molar-refractivity contribution in [2.75, 3.05) is 12.4 Å². The molecular weight excluding hydrogens is 246 g/mol. The van der Waals surface area contributed by atoms with E-state index >= 15 is 0 Å². The molecule has 1 aliphatic rings. The Kier molecular flexibility index (Phi) is 4.30. The quantitative estimate of drug-likeness (QED) is 0.775. The van der Waals surface area contributed by atoms with Crippen LogP contribution in [-0.4, -0.2) is 28.9 Å². The van der Waals surface area contributed by atoms with E-state index in [1.807, 2.05) is 0 Å². The van der Waals surface area contributed by atoms with Gasteiger partial charge in [-0.15, -0.1) is 11.8 Å². The predicted octanol–water partition coefficient (Wildman–Crippen LogP) is 2.12. The summed E-state index contributed by atoms with van der Waals surface area (Å²) in [6.07, 6.45) is 2.31. The van der Waals surface area contributed by atoms with Gasteiger partial charge in [0.25, 0.3) is 0 Å². The minimum atomic E-state index is -0.286. The molecule has 1 amide bonds. The van der Waals surface area contributed by atoms with E-state index in [2.05, 4.69) is 36.5 Å². The van der Waals surface area contributed by atoms with Crippen molar-refractivity contribution in [1.29, 1.82) is 0 Å². The first-order chi connectivity index (χ1) is 8.63. The van der Waals surface area contributed by atoms with Crippen LogP contribution < -0.4 is 5.32 Å². The number of carbonyl (C=O) groups excluding carboxylic acids is 1. The molecule has 0 radical (unpaired) electrons. The first-order valence-electron chi connectivity index (χ1n) is 6.25. The molecular formula is C14H19NO2S. The van der Waals surface area contributed by atoms with E-state index in [9.17, 15) is 4.79 Å². The van der Waals surface area contributed by atoms with E-state index in [0.29, 0.717) is 6.42 Å². The lowest BCUT2D eigenvalue weighted by Gasteiger charge is -2.13. The number of aliphatic hydroxyl groups is 1. The van der Waals surface area contributed by atoms with E-state index in [-0.39, 0.29) is 18.1 Å². The molecule has 0 saturated heterocycles. The molecule has 0 aromatic heterocycles. The van der Waals surface area contributed by atoms with Crippen molar-refractivity contribution in [3.8, 4) is 0 Å². The second-order valence-corrected chi connectivity index (χ2v) is 6.07. The maximum atomic E-state index is 11.7. The molecule has 0 atom stereocenters. The van der Waals surface area contributed by atoms with Crippen molar-refractivity contribution in [2.45, 2.75) is 36.6 Å².